The van der Waals surface area contributed by atoms with Crippen molar-refractivity contribution < 1.29 is 9.53 Å². The van der Waals surface area contributed by atoms with Gasteiger partial charge in [-0.2, -0.15) is 4.98 Å². The number of nitrogens with zero attached hydrogens (tertiary/aromatic N) is 5. The van der Waals surface area contributed by atoms with E-state index in [-0.39, 0.29) is 5.91 Å². The third-order valence-electron chi connectivity index (χ3n) is 6.45. The van der Waals surface area contributed by atoms with Crippen molar-refractivity contribution in [3.63, 3.8) is 0 Å². The van der Waals surface area contributed by atoms with Gasteiger partial charge < -0.3 is 14.5 Å². The fraction of sp³-hybridized carbons (Fsp3) is 0.650. The maximum Gasteiger partial charge on any atom is 0.224 e. The summed E-state index contributed by atoms with van der Waals surface area (Å²) >= 11 is 8.00. The molecule has 3 aliphatic heterocycles. The Morgan fingerprint density at radius 1 is 1.21 bits per heavy atom. The SMILES string of the molecule is CC(=O)N1CCC2(CC1)CN(Cc1cc3nc(Cl)nc(N4CCOCC4)c3s1)C2. The highest BCUT2D eigenvalue weighted by atomic mass is 35.5. The highest BCUT2D eigenvalue weighted by molar-refractivity contribution is 7.19. The number of carbonyl (C=O) groups excluding carboxylic acids is 1. The Labute approximate surface area is 179 Å². The molecule has 0 aromatic carbocycles. The summed E-state index contributed by atoms with van der Waals surface area (Å²) in [6.07, 6.45) is 2.25. The zero-order valence-electron chi connectivity index (χ0n) is 16.7. The van der Waals surface area contributed by atoms with E-state index in [0.29, 0.717) is 10.7 Å². The molecule has 3 saturated heterocycles. The lowest BCUT2D eigenvalue weighted by Gasteiger charge is -2.54. The van der Waals surface area contributed by atoms with Gasteiger partial charge in [0, 0.05) is 57.6 Å². The normalized spacial score (nSPS) is 22.3. The van der Waals surface area contributed by atoms with Gasteiger partial charge in [-0.15, -0.1) is 11.3 Å². The number of rotatable bonds is 3. The van der Waals surface area contributed by atoms with Crippen LogP contribution in [-0.4, -0.2) is 78.2 Å². The molecule has 5 rings (SSSR count). The van der Waals surface area contributed by atoms with E-state index in [0.717, 1.165) is 87.9 Å². The van der Waals surface area contributed by atoms with Gasteiger partial charge in [-0.25, -0.2) is 4.98 Å². The molecule has 156 valence electrons. The van der Waals surface area contributed by atoms with Crippen molar-refractivity contribution in [2.45, 2.75) is 26.3 Å². The third kappa shape index (κ3) is 3.83. The lowest BCUT2D eigenvalue weighted by Crippen LogP contribution is -2.60. The number of anilines is 1. The second-order valence-corrected chi connectivity index (χ2v) is 9.97. The first-order chi connectivity index (χ1) is 14.0. The number of halogens is 1. The number of carbonyl (C=O) groups is 1. The molecule has 0 saturated carbocycles. The summed E-state index contributed by atoms with van der Waals surface area (Å²) in [5, 5.41) is 0.309. The minimum absolute atomic E-state index is 0.206. The second kappa shape index (κ2) is 7.65. The molecule has 3 fully saturated rings. The van der Waals surface area contributed by atoms with E-state index in [1.807, 2.05) is 4.90 Å². The lowest BCUT2D eigenvalue weighted by molar-refractivity contribution is -0.134. The average Bonchev–Trinajstić information content (AvgIpc) is 3.09. The summed E-state index contributed by atoms with van der Waals surface area (Å²) in [5.41, 5.74) is 1.35. The average molecular weight is 436 g/mol. The largest absolute Gasteiger partial charge is 0.378 e. The van der Waals surface area contributed by atoms with Crippen LogP contribution >= 0.6 is 22.9 Å². The van der Waals surface area contributed by atoms with E-state index < -0.39 is 0 Å². The summed E-state index contributed by atoms with van der Waals surface area (Å²) < 4.78 is 6.60. The van der Waals surface area contributed by atoms with E-state index in [4.69, 9.17) is 16.3 Å². The molecule has 0 radical (unpaired) electrons. The van der Waals surface area contributed by atoms with Crippen molar-refractivity contribution in [3.05, 3.63) is 16.2 Å². The van der Waals surface area contributed by atoms with Crippen LogP contribution in [0.25, 0.3) is 10.2 Å². The number of hydrogen-bond acceptors (Lipinski definition) is 7. The summed E-state index contributed by atoms with van der Waals surface area (Å²) in [6, 6.07) is 2.17. The number of likely N-dealkylation sites (tertiary alicyclic amines) is 2. The van der Waals surface area contributed by atoms with Gasteiger partial charge in [0.25, 0.3) is 0 Å². The monoisotopic (exact) mass is 435 g/mol. The Morgan fingerprint density at radius 2 is 1.93 bits per heavy atom. The quantitative estimate of drug-likeness (QED) is 0.690. The highest BCUT2D eigenvalue weighted by Gasteiger charge is 2.45. The number of hydrogen-bond donors (Lipinski definition) is 0. The molecule has 9 heteroatoms. The summed E-state index contributed by atoms with van der Waals surface area (Å²) in [5.74, 6) is 1.15. The van der Waals surface area contributed by atoms with E-state index >= 15 is 0 Å². The van der Waals surface area contributed by atoms with Crippen LogP contribution in [0.15, 0.2) is 6.07 Å². The maximum atomic E-state index is 11.6. The summed E-state index contributed by atoms with van der Waals surface area (Å²) in [4.78, 5) is 28.6. The highest BCUT2D eigenvalue weighted by Crippen LogP contribution is 2.42. The van der Waals surface area contributed by atoms with E-state index in [1.165, 1.54) is 4.88 Å². The first-order valence-electron chi connectivity index (χ1n) is 10.3. The van der Waals surface area contributed by atoms with Crippen LogP contribution < -0.4 is 4.90 Å². The zero-order valence-corrected chi connectivity index (χ0v) is 18.3. The van der Waals surface area contributed by atoms with Crippen molar-refractivity contribution in [2.75, 3.05) is 57.4 Å². The minimum atomic E-state index is 0.206. The molecule has 2 aromatic rings. The van der Waals surface area contributed by atoms with Crippen LogP contribution in [0.1, 0.15) is 24.6 Å². The predicted molar refractivity (Wildman–Crippen MR) is 115 cm³/mol. The molecular weight excluding hydrogens is 410 g/mol. The topological polar surface area (TPSA) is 61.8 Å². The zero-order chi connectivity index (χ0) is 20.0. The molecule has 5 heterocycles. The number of morpholine rings is 1. The Hall–Kier alpha value is -1.48. The third-order valence-corrected chi connectivity index (χ3v) is 7.73. The van der Waals surface area contributed by atoms with Crippen LogP contribution in [0.4, 0.5) is 5.82 Å². The van der Waals surface area contributed by atoms with Gasteiger partial charge in [0.1, 0.15) is 0 Å². The van der Waals surface area contributed by atoms with Gasteiger partial charge in [-0.3, -0.25) is 9.69 Å². The number of amides is 1. The minimum Gasteiger partial charge on any atom is -0.378 e. The van der Waals surface area contributed by atoms with Crippen molar-refractivity contribution in [3.8, 4) is 0 Å². The Morgan fingerprint density at radius 3 is 2.62 bits per heavy atom. The van der Waals surface area contributed by atoms with E-state index in [2.05, 4.69) is 25.8 Å². The molecule has 0 N–H and O–H groups in total. The fourth-order valence-corrected chi connectivity index (χ4v) is 6.18. The molecule has 29 heavy (non-hydrogen) atoms. The number of thiophene rings is 1. The fourth-order valence-electron chi connectivity index (χ4n) is 4.85. The van der Waals surface area contributed by atoms with Gasteiger partial charge in [-0.05, 0) is 35.9 Å². The van der Waals surface area contributed by atoms with E-state index in [9.17, 15) is 4.79 Å². The predicted octanol–water partition coefficient (Wildman–Crippen LogP) is 2.63. The number of piperidine rings is 1. The molecule has 0 atom stereocenters. The Kier molecular flexibility index (Phi) is 5.14. The van der Waals surface area contributed by atoms with Crippen molar-refractivity contribution >= 4 is 44.9 Å². The van der Waals surface area contributed by atoms with Crippen molar-refractivity contribution in [1.29, 1.82) is 0 Å². The van der Waals surface area contributed by atoms with Crippen LogP contribution in [0.5, 0.6) is 0 Å². The van der Waals surface area contributed by atoms with Gasteiger partial charge in [0.05, 0.1) is 23.4 Å². The number of fused-ring (bicyclic) bond motifs is 1. The van der Waals surface area contributed by atoms with Crippen LogP contribution in [0.2, 0.25) is 5.28 Å². The Balaban J connectivity index is 1.27. The van der Waals surface area contributed by atoms with Crippen LogP contribution in [0, 0.1) is 5.41 Å². The lowest BCUT2D eigenvalue weighted by atomic mass is 9.72. The van der Waals surface area contributed by atoms with Crippen LogP contribution in [0.3, 0.4) is 0 Å². The van der Waals surface area contributed by atoms with Gasteiger partial charge in [-0.1, -0.05) is 0 Å². The van der Waals surface area contributed by atoms with Crippen molar-refractivity contribution in [2.24, 2.45) is 5.41 Å². The van der Waals surface area contributed by atoms with Gasteiger partial charge in [0.15, 0.2) is 5.82 Å². The number of ether oxygens (including phenoxy) is 1. The molecule has 0 unspecified atom stereocenters. The van der Waals surface area contributed by atoms with E-state index in [1.54, 1.807) is 18.3 Å². The van der Waals surface area contributed by atoms with Crippen molar-refractivity contribution in [1.82, 2.24) is 19.8 Å². The first kappa shape index (κ1) is 19.5. The molecule has 2 aromatic heterocycles. The number of aromatic nitrogens is 2. The molecular formula is C20H26ClN5O2S. The summed E-state index contributed by atoms with van der Waals surface area (Å²) in [6.45, 7) is 9.78. The first-order valence-corrected chi connectivity index (χ1v) is 11.5. The molecule has 0 aliphatic carbocycles. The Bertz CT molecular complexity index is 913. The molecule has 0 bridgehead atoms. The second-order valence-electron chi connectivity index (χ2n) is 8.49. The molecule has 7 nitrogen and oxygen atoms in total. The van der Waals surface area contributed by atoms with Gasteiger partial charge in [0.2, 0.25) is 11.2 Å². The van der Waals surface area contributed by atoms with Gasteiger partial charge >= 0.3 is 0 Å². The van der Waals surface area contributed by atoms with Crippen LogP contribution in [-0.2, 0) is 16.1 Å². The molecule has 1 amide bonds. The standard InChI is InChI=1S/C20H26ClN5O2S/c1-14(27)25-4-2-20(3-5-25)12-24(13-20)11-15-10-16-17(29-15)18(23-19(21)22-16)26-6-8-28-9-7-26/h10H,2-9,11-13H2,1H3. The molecule has 1 spiro atoms. The smallest absolute Gasteiger partial charge is 0.224 e. The summed E-state index contributed by atoms with van der Waals surface area (Å²) in [7, 11) is 0. The maximum absolute atomic E-state index is 11.6. The molecule has 3 aliphatic rings.